The lowest BCUT2D eigenvalue weighted by Gasteiger charge is -2.22. The number of carbonyl (C=O) groups is 1. The highest BCUT2D eigenvalue weighted by atomic mass is 19.1. The number of ether oxygens (including phenoxy) is 1. The fourth-order valence-electron chi connectivity index (χ4n) is 2.08. The van der Waals surface area contributed by atoms with E-state index in [2.05, 4.69) is 5.32 Å². The van der Waals surface area contributed by atoms with Gasteiger partial charge in [0.25, 0.3) is 5.91 Å². The summed E-state index contributed by atoms with van der Waals surface area (Å²) in [5, 5.41) is 2.90. The molecule has 0 spiro atoms. The summed E-state index contributed by atoms with van der Waals surface area (Å²) >= 11 is 0. The van der Waals surface area contributed by atoms with Crippen molar-refractivity contribution in [2.24, 2.45) is 11.7 Å². The number of rotatable bonds is 4. The molecule has 0 saturated carbocycles. The molecule has 0 unspecified atom stereocenters. The molecule has 1 saturated heterocycles. The summed E-state index contributed by atoms with van der Waals surface area (Å²) < 4.78 is 32.1. The Morgan fingerprint density at radius 2 is 2.00 bits per heavy atom. The van der Waals surface area contributed by atoms with E-state index >= 15 is 0 Å². The van der Waals surface area contributed by atoms with E-state index in [1.54, 1.807) is 0 Å². The Morgan fingerprint density at radius 1 is 1.32 bits per heavy atom. The summed E-state index contributed by atoms with van der Waals surface area (Å²) in [4.78, 5) is 11.0. The van der Waals surface area contributed by atoms with Gasteiger partial charge < -0.3 is 15.8 Å². The average Bonchev–Trinajstić information content (AvgIpc) is 2.38. The predicted molar refractivity (Wildman–Crippen MR) is 66.9 cm³/mol. The van der Waals surface area contributed by atoms with E-state index in [-0.39, 0.29) is 11.3 Å². The number of nitrogens with two attached hydrogens (primary N) is 1. The lowest BCUT2D eigenvalue weighted by molar-refractivity contribution is 0.0699. The molecule has 1 amide bonds. The van der Waals surface area contributed by atoms with Crippen molar-refractivity contribution in [1.29, 1.82) is 0 Å². The molecule has 4 nitrogen and oxygen atoms in total. The van der Waals surface area contributed by atoms with Gasteiger partial charge in [-0.3, -0.25) is 4.79 Å². The minimum Gasteiger partial charge on any atom is -0.382 e. The largest absolute Gasteiger partial charge is 0.382 e. The number of nitrogens with one attached hydrogen (secondary N) is 1. The number of halogens is 2. The zero-order valence-electron chi connectivity index (χ0n) is 10.4. The van der Waals surface area contributed by atoms with Crippen LogP contribution in [0.15, 0.2) is 12.1 Å². The van der Waals surface area contributed by atoms with E-state index < -0.39 is 17.5 Å². The minimum absolute atomic E-state index is 0.0988. The Hall–Kier alpha value is -1.69. The predicted octanol–water partition coefficient (Wildman–Crippen LogP) is 1.90. The molecule has 6 heteroatoms. The van der Waals surface area contributed by atoms with Crippen LogP contribution in [0.2, 0.25) is 0 Å². The number of anilines is 1. The molecular weight excluding hydrogens is 254 g/mol. The van der Waals surface area contributed by atoms with Gasteiger partial charge in [-0.25, -0.2) is 8.78 Å². The third-order valence-electron chi connectivity index (χ3n) is 3.24. The van der Waals surface area contributed by atoms with Crippen molar-refractivity contribution in [2.45, 2.75) is 12.8 Å². The molecule has 3 N–H and O–H groups in total. The maximum absolute atomic E-state index is 13.6. The summed E-state index contributed by atoms with van der Waals surface area (Å²) in [6.07, 6.45) is 1.80. The summed E-state index contributed by atoms with van der Waals surface area (Å²) in [5.41, 5.74) is 4.82. The summed E-state index contributed by atoms with van der Waals surface area (Å²) in [6.45, 7) is 1.96. The summed E-state index contributed by atoms with van der Waals surface area (Å²) in [7, 11) is 0. The number of amides is 1. The van der Waals surface area contributed by atoms with Crippen LogP contribution in [0, 0.1) is 17.6 Å². The first kappa shape index (κ1) is 13.7. The lowest BCUT2D eigenvalue weighted by atomic mass is 10.0. The summed E-state index contributed by atoms with van der Waals surface area (Å²) in [6, 6.07) is 1.79. The summed E-state index contributed by atoms with van der Waals surface area (Å²) in [5.74, 6) is -2.20. The van der Waals surface area contributed by atoms with Crippen LogP contribution in [-0.2, 0) is 4.74 Å². The number of benzene rings is 1. The Balaban J connectivity index is 2.06. The van der Waals surface area contributed by atoms with Crippen LogP contribution in [-0.4, -0.2) is 25.7 Å². The Morgan fingerprint density at radius 3 is 2.63 bits per heavy atom. The van der Waals surface area contributed by atoms with Crippen molar-refractivity contribution < 1.29 is 18.3 Å². The molecule has 1 fully saturated rings. The number of carbonyl (C=O) groups excluding carboxylic acids is 1. The molecule has 0 aromatic heterocycles. The van der Waals surface area contributed by atoms with Gasteiger partial charge in [0, 0.05) is 25.8 Å². The van der Waals surface area contributed by atoms with Crippen LogP contribution in [0.4, 0.5) is 14.5 Å². The first-order valence-electron chi connectivity index (χ1n) is 6.18. The standard InChI is InChI=1S/C13H16F2N2O2/c14-10-6-11(15)12(5-9(10)13(16)18)17-7-8-1-3-19-4-2-8/h5-6,8,17H,1-4,7H2,(H2,16,18). The van der Waals surface area contributed by atoms with E-state index in [0.717, 1.165) is 18.9 Å². The second-order valence-electron chi connectivity index (χ2n) is 4.61. The van der Waals surface area contributed by atoms with Gasteiger partial charge in [0.2, 0.25) is 0 Å². The van der Waals surface area contributed by atoms with Crippen molar-refractivity contribution in [3.05, 3.63) is 29.3 Å². The molecule has 0 aliphatic carbocycles. The van der Waals surface area contributed by atoms with Crippen LogP contribution in [0.1, 0.15) is 23.2 Å². The minimum atomic E-state index is -0.943. The van der Waals surface area contributed by atoms with Crippen molar-refractivity contribution in [3.63, 3.8) is 0 Å². The number of hydrogen-bond acceptors (Lipinski definition) is 3. The maximum Gasteiger partial charge on any atom is 0.251 e. The quantitative estimate of drug-likeness (QED) is 0.878. The zero-order chi connectivity index (χ0) is 13.8. The van der Waals surface area contributed by atoms with Crippen LogP contribution in [0.5, 0.6) is 0 Å². The number of hydrogen-bond donors (Lipinski definition) is 2. The van der Waals surface area contributed by atoms with E-state index in [1.807, 2.05) is 0 Å². The molecule has 1 aliphatic rings. The van der Waals surface area contributed by atoms with Gasteiger partial charge in [-0.05, 0) is 24.8 Å². The third kappa shape index (κ3) is 3.41. The second-order valence-corrected chi connectivity index (χ2v) is 4.61. The van der Waals surface area contributed by atoms with Crippen LogP contribution < -0.4 is 11.1 Å². The van der Waals surface area contributed by atoms with Gasteiger partial charge in [0.05, 0.1) is 11.3 Å². The van der Waals surface area contributed by atoms with Crippen molar-refractivity contribution in [1.82, 2.24) is 0 Å². The zero-order valence-corrected chi connectivity index (χ0v) is 10.4. The third-order valence-corrected chi connectivity index (χ3v) is 3.24. The number of primary amides is 1. The van der Waals surface area contributed by atoms with Gasteiger partial charge in [-0.2, -0.15) is 0 Å². The normalized spacial score (nSPS) is 16.3. The van der Waals surface area contributed by atoms with Gasteiger partial charge in [0.1, 0.15) is 11.6 Å². The average molecular weight is 270 g/mol. The molecule has 1 aromatic rings. The fraction of sp³-hybridized carbons (Fsp3) is 0.462. The molecule has 0 bridgehead atoms. The smallest absolute Gasteiger partial charge is 0.251 e. The highest BCUT2D eigenvalue weighted by Gasteiger charge is 2.16. The van der Waals surface area contributed by atoms with Crippen LogP contribution in [0.25, 0.3) is 0 Å². The maximum atomic E-state index is 13.6. The van der Waals surface area contributed by atoms with Crippen molar-refractivity contribution >= 4 is 11.6 Å². The molecule has 19 heavy (non-hydrogen) atoms. The highest BCUT2D eigenvalue weighted by molar-refractivity contribution is 5.94. The first-order chi connectivity index (χ1) is 9.08. The molecule has 0 radical (unpaired) electrons. The molecule has 104 valence electrons. The van der Waals surface area contributed by atoms with E-state index in [4.69, 9.17) is 10.5 Å². The SMILES string of the molecule is NC(=O)c1cc(NCC2CCOCC2)c(F)cc1F. The van der Waals surface area contributed by atoms with Crippen molar-refractivity contribution in [2.75, 3.05) is 25.1 Å². The van der Waals surface area contributed by atoms with Crippen LogP contribution >= 0.6 is 0 Å². The van der Waals surface area contributed by atoms with Crippen molar-refractivity contribution in [3.8, 4) is 0 Å². The monoisotopic (exact) mass is 270 g/mol. The Labute approximate surface area is 109 Å². The molecule has 0 atom stereocenters. The molecule has 1 aliphatic heterocycles. The van der Waals surface area contributed by atoms with E-state index in [1.165, 1.54) is 0 Å². The lowest BCUT2D eigenvalue weighted by Crippen LogP contribution is -2.23. The first-order valence-corrected chi connectivity index (χ1v) is 6.18. The van der Waals surface area contributed by atoms with E-state index in [9.17, 15) is 13.6 Å². The van der Waals surface area contributed by atoms with Gasteiger partial charge in [-0.15, -0.1) is 0 Å². The highest BCUT2D eigenvalue weighted by Crippen LogP contribution is 2.21. The fourth-order valence-corrected chi connectivity index (χ4v) is 2.08. The second kappa shape index (κ2) is 5.97. The van der Waals surface area contributed by atoms with Gasteiger partial charge in [-0.1, -0.05) is 0 Å². The molecular formula is C13H16F2N2O2. The van der Waals surface area contributed by atoms with Gasteiger partial charge >= 0.3 is 0 Å². The van der Waals surface area contributed by atoms with E-state index in [0.29, 0.717) is 31.7 Å². The Bertz CT molecular complexity index is 474. The van der Waals surface area contributed by atoms with Crippen LogP contribution in [0.3, 0.4) is 0 Å². The molecule has 1 heterocycles. The topological polar surface area (TPSA) is 64.4 Å². The molecule has 2 rings (SSSR count). The van der Waals surface area contributed by atoms with Gasteiger partial charge in [0.15, 0.2) is 0 Å². The molecule has 1 aromatic carbocycles. The Kier molecular flexibility index (Phi) is 4.31.